The van der Waals surface area contributed by atoms with Crippen LogP contribution in [0.4, 0.5) is 5.69 Å². The Morgan fingerprint density at radius 2 is 1.81 bits per heavy atom. The van der Waals surface area contributed by atoms with Gasteiger partial charge in [0, 0.05) is 18.8 Å². The summed E-state index contributed by atoms with van der Waals surface area (Å²) in [5.41, 5.74) is 0.630. The Labute approximate surface area is 162 Å². The zero-order valence-corrected chi connectivity index (χ0v) is 17.5. The van der Waals surface area contributed by atoms with E-state index in [4.69, 9.17) is 0 Å². The molecular formula is C19H30N2O3S2. The minimum absolute atomic E-state index is 0.0552. The number of anilines is 1. The normalized spacial score (nSPS) is 21.5. The summed E-state index contributed by atoms with van der Waals surface area (Å²) in [7, 11) is -3.48. The van der Waals surface area contributed by atoms with Gasteiger partial charge in [-0.3, -0.25) is 4.79 Å². The van der Waals surface area contributed by atoms with Gasteiger partial charge >= 0.3 is 0 Å². The van der Waals surface area contributed by atoms with Gasteiger partial charge in [0.25, 0.3) is 0 Å². The van der Waals surface area contributed by atoms with Crippen molar-refractivity contribution in [3.05, 3.63) is 24.3 Å². The number of hydrogen-bond acceptors (Lipinski definition) is 4. The zero-order chi connectivity index (χ0) is 19.2. The third-order valence-electron chi connectivity index (χ3n) is 4.49. The molecule has 1 fully saturated rings. The summed E-state index contributed by atoms with van der Waals surface area (Å²) in [5.74, 6) is 2.09. The average Bonchev–Trinajstić information content (AvgIpc) is 2.58. The fourth-order valence-corrected chi connectivity index (χ4v) is 5.84. The molecule has 1 heterocycles. The quantitative estimate of drug-likeness (QED) is 0.676. The molecule has 0 spiro atoms. The first-order valence-electron chi connectivity index (χ1n) is 9.30. The molecule has 7 heteroatoms. The molecule has 2 unspecified atom stereocenters. The SMILES string of the molecule is CCCCSCC(=O)Nc1ccc(S(=O)(=O)N2CC(C)CC(C)C2)cc1. The average molecular weight is 399 g/mol. The summed E-state index contributed by atoms with van der Waals surface area (Å²) in [6.07, 6.45) is 3.30. The maximum atomic E-state index is 12.8. The highest BCUT2D eigenvalue weighted by molar-refractivity contribution is 7.99. The van der Waals surface area contributed by atoms with E-state index in [1.54, 1.807) is 40.3 Å². The van der Waals surface area contributed by atoms with E-state index in [9.17, 15) is 13.2 Å². The van der Waals surface area contributed by atoms with Crippen LogP contribution in [0, 0.1) is 11.8 Å². The van der Waals surface area contributed by atoms with Crippen molar-refractivity contribution in [1.29, 1.82) is 0 Å². The lowest BCUT2D eigenvalue weighted by molar-refractivity contribution is -0.113. The lowest BCUT2D eigenvalue weighted by Crippen LogP contribution is -2.42. The lowest BCUT2D eigenvalue weighted by Gasteiger charge is -2.34. The Bertz CT molecular complexity index is 679. The van der Waals surface area contributed by atoms with Crippen LogP contribution in [0.5, 0.6) is 0 Å². The second-order valence-corrected chi connectivity index (χ2v) is 10.3. The van der Waals surface area contributed by atoms with E-state index in [0.717, 1.165) is 25.0 Å². The van der Waals surface area contributed by atoms with E-state index in [0.29, 0.717) is 36.4 Å². The minimum atomic E-state index is -3.48. The summed E-state index contributed by atoms with van der Waals surface area (Å²) in [6.45, 7) is 7.45. The van der Waals surface area contributed by atoms with Gasteiger partial charge in [0.15, 0.2) is 0 Å². The van der Waals surface area contributed by atoms with Crippen LogP contribution in [0.15, 0.2) is 29.2 Å². The highest BCUT2D eigenvalue weighted by Gasteiger charge is 2.31. The topological polar surface area (TPSA) is 66.5 Å². The molecule has 1 amide bonds. The number of carbonyl (C=O) groups is 1. The van der Waals surface area contributed by atoms with Crippen LogP contribution in [-0.2, 0) is 14.8 Å². The van der Waals surface area contributed by atoms with Crippen LogP contribution >= 0.6 is 11.8 Å². The Kier molecular flexibility index (Phi) is 7.98. The van der Waals surface area contributed by atoms with E-state index in [2.05, 4.69) is 26.1 Å². The van der Waals surface area contributed by atoms with Gasteiger partial charge in [-0.15, -0.1) is 0 Å². The number of rotatable bonds is 8. The smallest absolute Gasteiger partial charge is 0.243 e. The zero-order valence-electron chi connectivity index (χ0n) is 15.9. The van der Waals surface area contributed by atoms with Crippen molar-refractivity contribution in [3.8, 4) is 0 Å². The predicted octanol–water partition coefficient (Wildman–Crippen LogP) is 3.83. The number of nitrogens with one attached hydrogen (secondary N) is 1. The Balaban J connectivity index is 1.96. The lowest BCUT2D eigenvalue weighted by atomic mass is 9.94. The van der Waals surface area contributed by atoms with Crippen molar-refractivity contribution < 1.29 is 13.2 Å². The molecule has 0 saturated carbocycles. The molecule has 0 radical (unpaired) electrons. The summed E-state index contributed by atoms with van der Waals surface area (Å²) >= 11 is 1.62. The van der Waals surface area contributed by atoms with Gasteiger partial charge in [-0.1, -0.05) is 27.2 Å². The third kappa shape index (κ3) is 5.99. The van der Waals surface area contributed by atoms with Gasteiger partial charge in [0.2, 0.25) is 15.9 Å². The van der Waals surface area contributed by atoms with E-state index in [-0.39, 0.29) is 10.8 Å². The van der Waals surface area contributed by atoms with Crippen molar-refractivity contribution in [2.75, 3.05) is 29.9 Å². The molecule has 0 aliphatic carbocycles. The molecule has 1 aliphatic rings. The standard InChI is InChI=1S/C19H30N2O3S2/c1-4-5-10-25-14-19(22)20-17-6-8-18(9-7-17)26(23,24)21-12-15(2)11-16(3)13-21/h6-9,15-16H,4-5,10-14H2,1-3H3,(H,20,22). The molecule has 2 rings (SSSR count). The van der Waals surface area contributed by atoms with Gasteiger partial charge in [0.05, 0.1) is 10.6 Å². The molecule has 1 aromatic carbocycles. The molecule has 1 aromatic rings. The summed E-state index contributed by atoms with van der Waals surface area (Å²) in [6, 6.07) is 6.49. The molecule has 1 saturated heterocycles. The molecular weight excluding hydrogens is 368 g/mol. The number of amides is 1. The van der Waals surface area contributed by atoms with E-state index in [1.165, 1.54) is 0 Å². The highest BCUT2D eigenvalue weighted by atomic mass is 32.2. The highest BCUT2D eigenvalue weighted by Crippen LogP contribution is 2.27. The van der Waals surface area contributed by atoms with Crippen LogP contribution in [0.1, 0.15) is 40.0 Å². The van der Waals surface area contributed by atoms with Crippen LogP contribution in [0.25, 0.3) is 0 Å². The van der Waals surface area contributed by atoms with Gasteiger partial charge in [-0.2, -0.15) is 16.1 Å². The van der Waals surface area contributed by atoms with Gasteiger partial charge in [0.1, 0.15) is 0 Å². The van der Waals surface area contributed by atoms with Crippen molar-refractivity contribution in [1.82, 2.24) is 4.31 Å². The largest absolute Gasteiger partial charge is 0.325 e. The molecule has 0 aromatic heterocycles. The summed E-state index contributed by atoms with van der Waals surface area (Å²) in [4.78, 5) is 12.2. The number of hydrogen-bond donors (Lipinski definition) is 1. The van der Waals surface area contributed by atoms with Crippen molar-refractivity contribution in [3.63, 3.8) is 0 Å². The molecule has 2 atom stereocenters. The second-order valence-electron chi connectivity index (χ2n) is 7.25. The van der Waals surface area contributed by atoms with Crippen LogP contribution in [0.2, 0.25) is 0 Å². The number of sulfonamides is 1. The fourth-order valence-electron chi connectivity index (χ4n) is 3.27. The third-order valence-corrected chi connectivity index (χ3v) is 7.38. The first kappa shape index (κ1) is 21.3. The van der Waals surface area contributed by atoms with Gasteiger partial charge in [-0.05, 0) is 54.7 Å². The number of unbranched alkanes of at least 4 members (excludes halogenated alkanes) is 1. The Hall–Kier alpha value is -1.05. The summed E-state index contributed by atoms with van der Waals surface area (Å²) in [5, 5.41) is 2.82. The van der Waals surface area contributed by atoms with Crippen LogP contribution in [0.3, 0.4) is 0 Å². The number of benzene rings is 1. The fraction of sp³-hybridized carbons (Fsp3) is 0.632. The number of piperidine rings is 1. The first-order chi connectivity index (χ1) is 12.3. The van der Waals surface area contributed by atoms with Gasteiger partial charge in [-0.25, -0.2) is 8.42 Å². The Morgan fingerprint density at radius 3 is 2.38 bits per heavy atom. The molecule has 146 valence electrons. The van der Waals surface area contributed by atoms with Crippen molar-refractivity contribution >= 4 is 33.4 Å². The van der Waals surface area contributed by atoms with E-state index in [1.807, 2.05) is 0 Å². The minimum Gasteiger partial charge on any atom is -0.325 e. The van der Waals surface area contributed by atoms with Crippen molar-refractivity contribution in [2.24, 2.45) is 11.8 Å². The Morgan fingerprint density at radius 1 is 1.19 bits per heavy atom. The number of carbonyl (C=O) groups excluding carboxylic acids is 1. The molecule has 1 aliphatic heterocycles. The maximum Gasteiger partial charge on any atom is 0.243 e. The molecule has 0 bridgehead atoms. The monoisotopic (exact) mass is 398 g/mol. The molecule has 5 nitrogen and oxygen atoms in total. The van der Waals surface area contributed by atoms with Gasteiger partial charge < -0.3 is 5.32 Å². The van der Waals surface area contributed by atoms with E-state index < -0.39 is 10.0 Å². The second kappa shape index (κ2) is 9.76. The molecule has 1 N–H and O–H groups in total. The van der Waals surface area contributed by atoms with E-state index >= 15 is 0 Å². The maximum absolute atomic E-state index is 12.8. The van der Waals surface area contributed by atoms with Crippen LogP contribution < -0.4 is 5.32 Å². The number of nitrogens with zero attached hydrogens (tertiary/aromatic N) is 1. The predicted molar refractivity (Wildman–Crippen MR) is 109 cm³/mol. The summed E-state index contributed by atoms with van der Waals surface area (Å²) < 4.78 is 27.3. The van der Waals surface area contributed by atoms with Crippen molar-refractivity contribution in [2.45, 2.75) is 44.9 Å². The number of thioether (sulfide) groups is 1. The van der Waals surface area contributed by atoms with Crippen LogP contribution in [-0.4, -0.2) is 43.2 Å². The first-order valence-corrected chi connectivity index (χ1v) is 11.9. The molecule has 26 heavy (non-hydrogen) atoms.